The Balaban J connectivity index is 1.37. The lowest BCUT2D eigenvalue weighted by molar-refractivity contribution is -0.158. The van der Waals surface area contributed by atoms with E-state index in [0.717, 1.165) is 44.9 Å². The molecule has 4 rings (SSSR count). The second kappa shape index (κ2) is 9.28. The molecular formula is C25H39NO5S. The lowest BCUT2D eigenvalue weighted by Crippen LogP contribution is -2.56. The minimum atomic E-state index is -1.87. The highest BCUT2D eigenvalue weighted by Crippen LogP contribution is 2.66. The largest absolute Gasteiger partial charge is 0.355 e. The number of amides is 1. The number of hydrogen-bond donors (Lipinski definition) is 2. The van der Waals surface area contributed by atoms with Crippen molar-refractivity contribution in [2.24, 2.45) is 40.4 Å². The van der Waals surface area contributed by atoms with Crippen LogP contribution in [0.25, 0.3) is 0 Å². The quantitative estimate of drug-likeness (QED) is 0.555. The molecule has 8 atom stereocenters. The molecule has 0 radical (unpaired) electrons. The number of fused-ring (bicyclic) bond motifs is 5. The third-order valence-electron chi connectivity index (χ3n) is 10.0. The summed E-state index contributed by atoms with van der Waals surface area (Å²) < 4.78 is 19.5. The summed E-state index contributed by atoms with van der Waals surface area (Å²) in [6.07, 6.45) is 9.63. The number of carbonyl (C=O) groups excluding carboxylic acids is 3. The van der Waals surface area contributed by atoms with Gasteiger partial charge in [0.25, 0.3) is 0 Å². The highest BCUT2D eigenvalue weighted by Gasteiger charge is 2.62. The summed E-state index contributed by atoms with van der Waals surface area (Å²) in [5, 5.41) is 2.72. The van der Waals surface area contributed by atoms with Gasteiger partial charge in [-0.15, -0.1) is 0 Å². The average Bonchev–Trinajstić information content (AvgIpc) is 3.05. The molecule has 0 heterocycles. The van der Waals surface area contributed by atoms with Gasteiger partial charge in [0.05, 0.1) is 5.75 Å². The Morgan fingerprint density at radius 2 is 1.84 bits per heavy atom. The Labute approximate surface area is 194 Å². The molecule has 0 aromatic rings. The van der Waals surface area contributed by atoms with E-state index in [1.165, 1.54) is 0 Å². The molecule has 0 aliphatic heterocycles. The second-order valence-electron chi connectivity index (χ2n) is 11.4. The SMILES string of the molecule is CC12CCC3C(C(=O)CC4CC(=O)CCC43C)C1CCC2CCCC(=O)NCCS(=O)O. The molecule has 7 heteroatoms. The highest BCUT2D eigenvalue weighted by molar-refractivity contribution is 7.79. The molecule has 180 valence electrons. The maximum Gasteiger partial charge on any atom is 0.220 e. The molecule has 0 bridgehead atoms. The van der Waals surface area contributed by atoms with Gasteiger partial charge in [0.2, 0.25) is 5.91 Å². The zero-order valence-corrected chi connectivity index (χ0v) is 20.4. The van der Waals surface area contributed by atoms with Crippen molar-refractivity contribution in [3.05, 3.63) is 0 Å². The summed E-state index contributed by atoms with van der Waals surface area (Å²) in [6, 6.07) is 0. The zero-order chi connectivity index (χ0) is 23.1. The maximum absolute atomic E-state index is 13.4. The molecule has 1 amide bonds. The van der Waals surface area contributed by atoms with Gasteiger partial charge >= 0.3 is 0 Å². The van der Waals surface area contributed by atoms with Gasteiger partial charge in [0.15, 0.2) is 11.1 Å². The number of hydrogen-bond acceptors (Lipinski definition) is 4. The van der Waals surface area contributed by atoms with E-state index < -0.39 is 11.1 Å². The van der Waals surface area contributed by atoms with Crippen LogP contribution in [0, 0.1) is 40.4 Å². The monoisotopic (exact) mass is 465 g/mol. The number of ketones is 2. The molecule has 4 aliphatic rings. The van der Waals surface area contributed by atoms with Gasteiger partial charge in [-0.3, -0.25) is 14.4 Å². The summed E-state index contributed by atoms with van der Waals surface area (Å²) in [6.45, 7) is 5.00. The molecule has 4 saturated carbocycles. The number of nitrogens with one attached hydrogen (secondary N) is 1. The fourth-order valence-corrected chi connectivity index (χ4v) is 8.46. The molecule has 4 aliphatic carbocycles. The van der Waals surface area contributed by atoms with Crippen molar-refractivity contribution in [2.45, 2.75) is 84.5 Å². The Morgan fingerprint density at radius 3 is 2.59 bits per heavy atom. The number of carbonyl (C=O) groups is 3. The van der Waals surface area contributed by atoms with Crippen molar-refractivity contribution in [1.82, 2.24) is 5.32 Å². The van der Waals surface area contributed by atoms with Crippen LogP contribution >= 0.6 is 0 Å². The third-order valence-corrected chi connectivity index (χ3v) is 10.6. The van der Waals surface area contributed by atoms with Crippen molar-refractivity contribution >= 4 is 28.6 Å². The molecule has 0 aromatic heterocycles. The Morgan fingerprint density at radius 1 is 1.09 bits per heavy atom. The Bertz CT molecular complexity index is 799. The number of Topliss-reactive ketones (excluding diaryl/α,β-unsaturated/α-hetero) is 2. The first-order chi connectivity index (χ1) is 15.1. The molecule has 32 heavy (non-hydrogen) atoms. The lowest BCUT2D eigenvalue weighted by atomic mass is 9.44. The van der Waals surface area contributed by atoms with Crippen LogP contribution in [-0.4, -0.2) is 38.5 Å². The minimum Gasteiger partial charge on any atom is -0.355 e. The van der Waals surface area contributed by atoms with Crippen LogP contribution in [0.15, 0.2) is 0 Å². The molecule has 4 fully saturated rings. The van der Waals surface area contributed by atoms with Gasteiger partial charge in [-0.05, 0) is 79.4 Å². The molecule has 0 saturated heterocycles. The fraction of sp³-hybridized carbons (Fsp3) is 0.880. The van der Waals surface area contributed by atoms with Gasteiger partial charge in [-0.2, -0.15) is 0 Å². The molecule has 0 aromatic carbocycles. The van der Waals surface area contributed by atoms with Gasteiger partial charge in [0, 0.05) is 38.1 Å². The van der Waals surface area contributed by atoms with Gasteiger partial charge in [0.1, 0.15) is 11.6 Å². The van der Waals surface area contributed by atoms with Crippen LogP contribution < -0.4 is 5.32 Å². The average molecular weight is 466 g/mol. The summed E-state index contributed by atoms with van der Waals surface area (Å²) in [4.78, 5) is 37.5. The first kappa shape index (κ1) is 24.1. The van der Waals surface area contributed by atoms with Crippen LogP contribution in [0.5, 0.6) is 0 Å². The van der Waals surface area contributed by atoms with Crippen molar-refractivity contribution in [3.8, 4) is 0 Å². The topological polar surface area (TPSA) is 101 Å². The Kier molecular flexibility index (Phi) is 6.98. The Hall–Kier alpha value is -1.08. The van der Waals surface area contributed by atoms with Gasteiger partial charge in [-0.25, -0.2) is 4.21 Å². The van der Waals surface area contributed by atoms with Crippen LogP contribution in [0.1, 0.15) is 84.5 Å². The zero-order valence-electron chi connectivity index (χ0n) is 19.6. The van der Waals surface area contributed by atoms with Crippen molar-refractivity contribution < 1.29 is 23.1 Å². The maximum atomic E-state index is 13.4. The fourth-order valence-electron chi connectivity index (χ4n) is 8.18. The van der Waals surface area contributed by atoms with Gasteiger partial charge < -0.3 is 9.87 Å². The molecular weight excluding hydrogens is 426 g/mol. The normalized spacial score (nSPS) is 42.0. The van der Waals surface area contributed by atoms with E-state index in [9.17, 15) is 18.6 Å². The summed E-state index contributed by atoms with van der Waals surface area (Å²) >= 11 is -1.87. The number of rotatable bonds is 7. The predicted molar refractivity (Wildman–Crippen MR) is 123 cm³/mol. The van der Waals surface area contributed by atoms with Crippen LogP contribution in [-0.2, 0) is 25.5 Å². The predicted octanol–water partition coefficient (Wildman–Crippen LogP) is 3.90. The molecule has 6 nitrogen and oxygen atoms in total. The third kappa shape index (κ3) is 4.36. The lowest BCUT2D eigenvalue weighted by Gasteiger charge is -2.59. The van der Waals surface area contributed by atoms with E-state index in [2.05, 4.69) is 19.2 Å². The summed E-state index contributed by atoms with van der Waals surface area (Å²) in [5.74, 6) is 2.63. The standard InChI is InChI=1S/C25H39NO5S/c1-24-11-9-20-23(21(28)15-17-14-18(27)8-10-25(17,20)2)19(24)7-6-16(24)4-3-5-22(29)26-12-13-32(30)31/h16-17,19-20,23H,3-15H2,1-2H3,(H,26,29)(H,30,31). The second-order valence-corrected chi connectivity index (χ2v) is 12.5. The summed E-state index contributed by atoms with van der Waals surface area (Å²) in [7, 11) is 0. The van der Waals surface area contributed by atoms with Gasteiger partial charge in [-0.1, -0.05) is 13.8 Å². The smallest absolute Gasteiger partial charge is 0.220 e. The van der Waals surface area contributed by atoms with Crippen LogP contribution in [0.4, 0.5) is 0 Å². The molecule has 0 spiro atoms. The van der Waals surface area contributed by atoms with E-state index in [1.807, 2.05) is 0 Å². The first-order valence-corrected chi connectivity index (χ1v) is 13.8. The summed E-state index contributed by atoms with van der Waals surface area (Å²) in [5.41, 5.74) is 0.316. The minimum absolute atomic E-state index is 0.0490. The first-order valence-electron chi connectivity index (χ1n) is 12.5. The van der Waals surface area contributed by atoms with E-state index in [0.29, 0.717) is 55.0 Å². The van der Waals surface area contributed by atoms with E-state index in [4.69, 9.17) is 4.55 Å². The van der Waals surface area contributed by atoms with E-state index >= 15 is 0 Å². The van der Waals surface area contributed by atoms with Crippen molar-refractivity contribution in [3.63, 3.8) is 0 Å². The van der Waals surface area contributed by atoms with Crippen molar-refractivity contribution in [1.29, 1.82) is 0 Å². The van der Waals surface area contributed by atoms with Crippen molar-refractivity contribution in [2.75, 3.05) is 12.3 Å². The van der Waals surface area contributed by atoms with Crippen LogP contribution in [0.2, 0.25) is 0 Å². The van der Waals surface area contributed by atoms with E-state index in [1.54, 1.807) is 0 Å². The highest BCUT2D eigenvalue weighted by atomic mass is 32.2. The van der Waals surface area contributed by atoms with E-state index in [-0.39, 0.29) is 40.9 Å². The molecule has 8 unspecified atom stereocenters. The van der Waals surface area contributed by atoms with Crippen LogP contribution in [0.3, 0.4) is 0 Å². The molecule has 2 N–H and O–H groups in total.